The molecular formula is C63H114O7. The van der Waals surface area contributed by atoms with Gasteiger partial charge in [-0.3, -0.25) is 14.4 Å². The first-order valence-corrected chi connectivity index (χ1v) is 30.7. The lowest BCUT2D eigenvalue weighted by Gasteiger charge is -2.16. The molecule has 0 radical (unpaired) electrons. The van der Waals surface area contributed by atoms with Crippen LogP contribution in [0.5, 0.6) is 11.5 Å². The smallest absolute Gasteiger partial charge is 0.308 e. The van der Waals surface area contributed by atoms with Crippen LogP contribution >= 0.6 is 0 Å². The molecule has 0 saturated carbocycles. The number of hydrogen-bond donors (Lipinski definition) is 0. The zero-order chi connectivity index (χ0) is 50.6. The van der Waals surface area contributed by atoms with Crippen LogP contribution in [0.4, 0.5) is 0 Å². The Bertz CT molecular complexity index is 1260. The summed E-state index contributed by atoms with van der Waals surface area (Å²) in [6.07, 6.45) is 53.4. The van der Waals surface area contributed by atoms with Crippen molar-refractivity contribution in [2.24, 2.45) is 11.8 Å². The van der Waals surface area contributed by atoms with E-state index >= 15 is 0 Å². The molecule has 1 aromatic rings. The molecule has 0 aliphatic carbocycles. The Morgan fingerprint density at radius 3 is 0.986 bits per heavy atom. The van der Waals surface area contributed by atoms with Gasteiger partial charge in [-0.05, 0) is 95.2 Å². The minimum absolute atomic E-state index is 0.0224. The molecule has 70 heavy (non-hydrogen) atoms. The van der Waals surface area contributed by atoms with Gasteiger partial charge >= 0.3 is 11.9 Å². The van der Waals surface area contributed by atoms with Crippen LogP contribution in [-0.4, -0.2) is 44.7 Å². The molecule has 1 aromatic carbocycles. The summed E-state index contributed by atoms with van der Waals surface area (Å²) in [5, 5.41) is 0. The molecule has 1 rings (SSSR count). The molecule has 0 amide bonds. The molecule has 0 fully saturated rings. The van der Waals surface area contributed by atoms with Crippen LogP contribution in [0, 0.1) is 11.8 Å². The molecule has 0 N–H and O–H groups in total. The Morgan fingerprint density at radius 2 is 0.657 bits per heavy atom. The molecule has 0 spiro atoms. The summed E-state index contributed by atoms with van der Waals surface area (Å²) >= 11 is 0. The first-order chi connectivity index (χ1) is 34.5. The van der Waals surface area contributed by atoms with Crippen molar-refractivity contribution in [2.75, 3.05) is 26.4 Å². The van der Waals surface area contributed by atoms with E-state index in [1.165, 1.54) is 180 Å². The Balaban J connectivity index is 2.32. The van der Waals surface area contributed by atoms with E-state index in [4.69, 9.17) is 18.9 Å². The molecule has 0 aromatic heterocycles. The highest BCUT2D eigenvalue weighted by molar-refractivity contribution is 5.80. The first kappa shape index (κ1) is 65.4. The number of unbranched alkanes of at least 4 members (excludes halogenated alkanes) is 34. The Kier molecular flexibility index (Phi) is 48.0. The summed E-state index contributed by atoms with van der Waals surface area (Å²) in [4.78, 5) is 38.3. The lowest BCUT2D eigenvalue weighted by Crippen LogP contribution is -2.18. The second kappa shape index (κ2) is 51.3. The molecular weight excluding hydrogens is 869 g/mol. The van der Waals surface area contributed by atoms with E-state index in [1.807, 2.05) is 12.1 Å². The van der Waals surface area contributed by atoms with Gasteiger partial charge in [-0.1, -0.05) is 233 Å². The largest absolute Gasteiger partial charge is 0.494 e. The number of esters is 2. The van der Waals surface area contributed by atoms with Crippen molar-refractivity contribution in [3.63, 3.8) is 0 Å². The standard InChI is InChI=1S/C63H114O7/c1-5-9-13-17-21-25-29-37-45-57(46-38-30-26-22-18-14-10-6-2)62(65)69-53-43-35-33-41-51-67-60-49-50-61(59(55-60)56-64)68-52-42-34-36-44-54-70-63(66)58(47-39-31-27-23-19-15-11-7-3)48-40-32-28-24-20-16-12-8-4/h49-50,55-58H,5-48,51-54H2,1-4H3. The number of hydrogen-bond acceptors (Lipinski definition) is 7. The van der Waals surface area contributed by atoms with E-state index in [-0.39, 0.29) is 23.8 Å². The molecule has 408 valence electrons. The van der Waals surface area contributed by atoms with Gasteiger partial charge in [0.1, 0.15) is 11.5 Å². The van der Waals surface area contributed by atoms with Gasteiger partial charge in [0.2, 0.25) is 0 Å². The van der Waals surface area contributed by atoms with Gasteiger partial charge < -0.3 is 18.9 Å². The van der Waals surface area contributed by atoms with Crippen molar-refractivity contribution in [3.8, 4) is 11.5 Å². The van der Waals surface area contributed by atoms with Crippen molar-refractivity contribution >= 4 is 18.2 Å². The van der Waals surface area contributed by atoms with Crippen molar-refractivity contribution in [1.29, 1.82) is 0 Å². The van der Waals surface area contributed by atoms with E-state index in [0.29, 0.717) is 43.5 Å². The van der Waals surface area contributed by atoms with Gasteiger partial charge in [0, 0.05) is 0 Å². The van der Waals surface area contributed by atoms with Crippen LogP contribution in [-0.2, 0) is 19.1 Å². The van der Waals surface area contributed by atoms with Gasteiger partial charge in [0.15, 0.2) is 6.29 Å². The summed E-state index contributed by atoms with van der Waals surface area (Å²) in [7, 11) is 0. The third-order valence-corrected chi connectivity index (χ3v) is 14.5. The maximum atomic E-state index is 13.2. The Hall–Kier alpha value is -2.57. The third-order valence-electron chi connectivity index (χ3n) is 14.5. The van der Waals surface area contributed by atoms with Gasteiger partial charge in [-0.2, -0.15) is 0 Å². The second-order valence-electron chi connectivity index (χ2n) is 21.1. The summed E-state index contributed by atoms with van der Waals surface area (Å²) < 4.78 is 23.7. The maximum absolute atomic E-state index is 13.2. The molecule has 0 bridgehead atoms. The van der Waals surface area contributed by atoms with E-state index in [9.17, 15) is 14.4 Å². The van der Waals surface area contributed by atoms with Gasteiger partial charge in [-0.15, -0.1) is 0 Å². The predicted molar refractivity (Wildman–Crippen MR) is 298 cm³/mol. The lowest BCUT2D eigenvalue weighted by atomic mass is 9.94. The van der Waals surface area contributed by atoms with Crippen LogP contribution in [0.3, 0.4) is 0 Å². The number of carbonyl (C=O) groups is 3. The maximum Gasteiger partial charge on any atom is 0.308 e. The summed E-state index contributed by atoms with van der Waals surface area (Å²) in [6.45, 7) is 11.2. The van der Waals surface area contributed by atoms with Crippen LogP contribution in [0.2, 0.25) is 0 Å². The number of aldehydes is 1. The molecule has 0 aliphatic rings. The highest BCUT2D eigenvalue weighted by Crippen LogP contribution is 2.26. The first-order valence-electron chi connectivity index (χ1n) is 30.7. The highest BCUT2D eigenvalue weighted by atomic mass is 16.5. The van der Waals surface area contributed by atoms with E-state index in [1.54, 1.807) is 6.07 Å². The second-order valence-corrected chi connectivity index (χ2v) is 21.1. The van der Waals surface area contributed by atoms with Gasteiger partial charge in [-0.25, -0.2) is 0 Å². The topological polar surface area (TPSA) is 88.1 Å². The van der Waals surface area contributed by atoms with Crippen molar-refractivity contribution in [1.82, 2.24) is 0 Å². The average Bonchev–Trinajstić information content (AvgIpc) is 3.37. The van der Waals surface area contributed by atoms with E-state index < -0.39 is 0 Å². The van der Waals surface area contributed by atoms with Crippen LogP contribution < -0.4 is 9.47 Å². The summed E-state index contributed by atoms with van der Waals surface area (Å²) in [6, 6.07) is 5.48. The SMILES string of the molecule is CCCCCCCCCCC(CCCCCCCCCC)C(=O)OCCCCCCOc1ccc(OCCCCCCOC(=O)C(CCCCCCCCCC)CCCCCCCCCC)c(C=O)c1. The Labute approximate surface area is 433 Å². The fourth-order valence-corrected chi connectivity index (χ4v) is 9.77. The summed E-state index contributed by atoms with van der Waals surface area (Å²) in [5.74, 6) is 1.41. The molecule has 7 nitrogen and oxygen atoms in total. The Morgan fingerprint density at radius 1 is 0.371 bits per heavy atom. The van der Waals surface area contributed by atoms with Gasteiger partial charge in [0.25, 0.3) is 0 Å². The predicted octanol–water partition coefficient (Wildman–Crippen LogP) is 19.8. The molecule has 7 heteroatoms. The minimum Gasteiger partial charge on any atom is -0.494 e. The normalized spacial score (nSPS) is 11.5. The monoisotopic (exact) mass is 983 g/mol. The molecule has 0 aliphatic heterocycles. The minimum atomic E-state index is 0.0224. The lowest BCUT2D eigenvalue weighted by molar-refractivity contribution is -0.150. The van der Waals surface area contributed by atoms with Crippen molar-refractivity contribution in [3.05, 3.63) is 23.8 Å². The van der Waals surface area contributed by atoms with Crippen LogP contribution in [0.25, 0.3) is 0 Å². The van der Waals surface area contributed by atoms with Crippen LogP contribution in [0.15, 0.2) is 18.2 Å². The van der Waals surface area contributed by atoms with E-state index in [2.05, 4.69) is 27.7 Å². The molecule has 0 atom stereocenters. The fraction of sp³-hybridized carbons (Fsp3) is 0.857. The zero-order valence-corrected chi connectivity index (χ0v) is 46.8. The number of benzene rings is 1. The third kappa shape index (κ3) is 40.0. The fourth-order valence-electron chi connectivity index (χ4n) is 9.77. The quantitative estimate of drug-likeness (QED) is 0.0365. The average molecular weight is 984 g/mol. The number of rotatable bonds is 55. The summed E-state index contributed by atoms with van der Waals surface area (Å²) in [5.41, 5.74) is 0.503. The molecule has 0 unspecified atom stereocenters. The number of ether oxygens (including phenoxy) is 4. The van der Waals surface area contributed by atoms with Crippen molar-refractivity contribution < 1.29 is 33.3 Å². The molecule has 0 heterocycles. The highest BCUT2D eigenvalue weighted by Gasteiger charge is 2.21. The van der Waals surface area contributed by atoms with Crippen molar-refractivity contribution in [2.45, 2.75) is 310 Å². The molecule has 0 saturated heterocycles. The number of carbonyl (C=O) groups excluding carboxylic acids is 3. The van der Waals surface area contributed by atoms with Crippen LogP contribution in [0.1, 0.15) is 321 Å². The van der Waals surface area contributed by atoms with Gasteiger partial charge in [0.05, 0.1) is 43.8 Å². The zero-order valence-electron chi connectivity index (χ0n) is 46.8. The van der Waals surface area contributed by atoms with E-state index in [0.717, 1.165) is 109 Å².